The van der Waals surface area contributed by atoms with E-state index in [-0.39, 0.29) is 28.6 Å². The van der Waals surface area contributed by atoms with Crippen molar-refractivity contribution in [1.82, 2.24) is 20.1 Å². The number of hydrogen-bond acceptors (Lipinski definition) is 5. The van der Waals surface area contributed by atoms with E-state index >= 15 is 0 Å². The lowest BCUT2D eigenvalue weighted by Gasteiger charge is -2.21. The van der Waals surface area contributed by atoms with Gasteiger partial charge in [0.05, 0.1) is 22.4 Å². The number of amides is 2. The molecule has 1 atom stereocenters. The molecule has 1 aromatic heterocycles. The van der Waals surface area contributed by atoms with E-state index in [2.05, 4.69) is 41.6 Å². The van der Waals surface area contributed by atoms with Crippen molar-refractivity contribution in [2.75, 3.05) is 11.1 Å². The van der Waals surface area contributed by atoms with E-state index in [1.54, 1.807) is 18.2 Å². The molecule has 192 valence electrons. The first kappa shape index (κ1) is 28.0. The van der Waals surface area contributed by atoms with Crippen LogP contribution in [0.1, 0.15) is 61.9 Å². The fourth-order valence-electron chi connectivity index (χ4n) is 3.72. The van der Waals surface area contributed by atoms with Crippen molar-refractivity contribution in [3.63, 3.8) is 0 Å². The summed E-state index contributed by atoms with van der Waals surface area (Å²) in [4.78, 5) is 25.5. The lowest BCUT2D eigenvalue weighted by atomic mass is 10.0. The normalized spacial score (nSPS) is 12.0. The zero-order valence-corrected chi connectivity index (χ0v) is 23.2. The monoisotopic (exact) mass is 547 g/mol. The second-order valence-corrected chi connectivity index (χ2v) is 10.5. The molecule has 0 saturated carbocycles. The number of anilines is 1. The summed E-state index contributed by atoms with van der Waals surface area (Å²) in [6.07, 6.45) is 1.61. The van der Waals surface area contributed by atoms with Crippen LogP contribution in [0.15, 0.2) is 47.6 Å². The third kappa shape index (κ3) is 7.48. The largest absolute Gasteiger partial charge is 0.342 e. The van der Waals surface area contributed by atoms with Gasteiger partial charge in [0, 0.05) is 17.3 Å². The zero-order chi connectivity index (χ0) is 26.2. The minimum Gasteiger partial charge on any atom is -0.342 e. The Morgan fingerprint density at radius 3 is 2.39 bits per heavy atom. The molecule has 2 aromatic carbocycles. The van der Waals surface area contributed by atoms with Crippen LogP contribution in [0.3, 0.4) is 0 Å². The molecule has 7 nitrogen and oxygen atoms in total. The molecule has 0 radical (unpaired) electrons. The lowest BCUT2D eigenvalue weighted by Crippen LogP contribution is -2.31. The standard InChI is InChI=1S/C26H31Cl2N5O2S/c1-5-17-7-10-19(11-8-17)29-23(34)15-36-26-32-31-24(33(26)6-2)22(13-16(3)4)30-25(35)20-12-9-18(27)14-21(20)28/h7-12,14,16,22H,5-6,13,15H2,1-4H3,(H,29,34)(H,30,35)/t22-/m1/s1. The fourth-order valence-corrected chi connectivity index (χ4v) is 5.03. The number of benzene rings is 2. The summed E-state index contributed by atoms with van der Waals surface area (Å²) in [5.41, 5.74) is 2.32. The second-order valence-electron chi connectivity index (χ2n) is 8.75. The number of rotatable bonds is 11. The van der Waals surface area contributed by atoms with Crippen LogP contribution in [0.5, 0.6) is 0 Å². The Morgan fingerprint density at radius 2 is 1.78 bits per heavy atom. The van der Waals surface area contributed by atoms with Gasteiger partial charge in [-0.3, -0.25) is 9.59 Å². The Balaban J connectivity index is 1.72. The van der Waals surface area contributed by atoms with Gasteiger partial charge in [-0.05, 0) is 61.6 Å². The van der Waals surface area contributed by atoms with Crippen LogP contribution in [0.4, 0.5) is 5.69 Å². The first-order valence-corrected chi connectivity index (χ1v) is 13.7. The quantitative estimate of drug-likeness (QED) is 0.270. The molecule has 3 aromatic rings. The van der Waals surface area contributed by atoms with Gasteiger partial charge in [-0.2, -0.15) is 0 Å². The van der Waals surface area contributed by atoms with Crippen LogP contribution in [0.25, 0.3) is 0 Å². The number of aromatic nitrogens is 3. The molecule has 36 heavy (non-hydrogen) atoms. The minimum atomic E-state index is -0.378. The maximum Gasteiger partial charge on any atom is 0.253 e. The maximum atomic E-state index is 13.0. The van der Waals surface area contributed by atoms with Gasteiger partial charge in [-0.1, -0.05) is 67.9 Å². The van der Waals surface area contributed by atoms with Gasteiger partial charge in [0.25, 0.3) is 5.91 Å². The van der Waals surface area contributed by atoms with Crippen LogP contribution in [0.2, 0.25) is 10.0 Å². The van der Waals surface area contributed by atoms with E-state index in [0.717, 1.165) is 12.1 Å². The fraction of sp³-hybridized carbons (Fsp3) is 0.385. The molecule has 0 saturated heterocycles. The number of hydrogen-bond donors (Lipinski definition) is 2. The Morgan fingerprint density at radius 1 is 1.06 bits per heavy atom. The molecule has 0 fully saturated rings. The van der Waals surface area contributed by atoms with Gasteiger partial charge < -0.3 is 15.2 Å². The summed E-state index contributed by atoms with van der Waals surface area (Å²) in [5.74, 6) is 0.688. The number of halogens is 2. The SMILES string of the molecule is CCc1ccc(NC(=O)CSc2nnc([C@@H](CC(C)C)NC(=O)c3ccc(Cl)cc3Cl)n2CC)cc1. The van der Waals surface area contributed by atoms with E-state index in [1.165, 1.54) is 17.3 Å². The number of carbonyl (C=O) groups is 2. The summed E-state index contributed by atoms with van der Waals surface area (Å²) in [5, 5.41) is 16.1. The first-order chi connectivity index (χ1) is 17.2. The maximum absolute atomic E-state index is 13.0. The molecular formula is C26H31Cl2N5O2S. The van der Waals surface area contributed by atoms with Crippen LogP contribution in [-0.4, -0.2) is 32.3 Å². The molecule has 2 N–H and O–H groups in total. The van der Waals surface area contributed by atoms with Gasteiger partial charge >= 0.3 is 0 Å². The van der Waals surface area contributed by atoms with Gasteiger partial charge in [0.1, 0.15) is 0 Å². The van der Waals surface area contributed by atoms with Crippen LogP contribution in [-0.2, 0) is 17.8 Å². The van der Waals surface area contributed by atoms with Gasteiger partial charge in [-0.25, -0.2) is 0 Å². The van der Waals surface area contributed by atoms with E-state index in [9.17, 15) is 9.59 Å². The second kappa shape index (κ2) is 13.1. The molecule has 1 heterocycles. The van der Waals surface area contributed by atoms with E-state index in [0.29, 0.717) is 40.5 Å². The average molecular weight is 549 g/mol. The summed E-state index contributed by atoms with van der Waals surface area (Å²) < 4.78 is 1.94. The predicted molar refractivity (Wildman–Crippen MR) is 147 cm³/mol. The highest BCUT2D eigenvalue weighted by Crippen LogP contribution is 2.27. The molecule has 0 aliphatic rings. The molecular weight excluding hydrogens is 517 g/mol. The minimum absolute atomic E-state index is 0.124. The van der Waals surface area contributed by atoms with E-state index in [4.69, 9.17) is 23.2 Å². The number of nitrogens with one attached hydrogen (secondary N) is 2. The van der Waals surface area contributed by atoms with Gasteiger partial charge in [-0.15, -0.1) is 10.2 Å². The van der Waals surface area contributed by atoms with Crippen molar-refractivity contribution in [3.05, 3.63) is 69.5 Å². The van der Waals surface area contributed by atoms with Crippen molar-refractivity contribution in [3.8, 4) is 0 Å². The molecule has 0 bridgehead atoms. The Kier molecular flexibility index (Phi) is 10.2. The number of carbonyl (C=O) groups excluding carboxylic acids is 2. The molecule has 0 aliphatic carbocycles. The Hall–Kier alpha value is -2.55. The van der Waals surface area contributed by atoms with Crippen molar-refractivity contribution >= 4 is 52.5 Å². The summed E-state index contributed by atoms with van der Waals surface area (Å²) in [7, 11) is 0. The van der Waals surface area contributed by atoms with Crippen molar-refractivity contribution in [1.29, 1.82) is 0 Å². The summed E-state index contributed by atoms with van der Waals surface area (Å²) in [6, 6.07) is 12.2. The molecule has 2 amide bonds. The topological polar surface area (TPSA) is 88.9 Å². The van der Waals surface area contributed by atoms with Crippen LogP contribution in [0, 0.1) is 5.92 Å². The Labute approximate surface area is 226 Å². The highest BCUT2D eigenvalue weighted by molar-refractivity contribution is 7.99. The summed E-state index contributed by atoms with van der Waals surface area (Å²) in [6.45, 7) is 8.82. The molecule has 10 heteroatoms. The van der Waals surface area contributed by atoms with E-state index < -0.39 is 0 Å². The zero-order valence-electron chi connectivity index (χ0n) is 20.8. The average Bonchev–Trinajstić information content (AvgIpc) is 3.25. The van der Waals surface area contributed by atoms with Crippen LogP contribution < -0.4 is 10.6 Å². The molecule has 0 unspecified atom stereocenters. The summed E-state index contributed by atoms with van der Waals surface area (Å²) >= 11 is 13.5. The molecule has 3 rings (SSSR count). The Bertz CT molecular complexity index is 1200. The van der Waals surface area contributed by atoms with Crippen LogP contribution >= 0.6 is 35.0 Å². The number of aryl methyl sites for hydroxylation is 1. The highest BCUT2D eigenvalue weighted by atomic mass is 35.5. The third-order valence-corrected chi connectivity index (χ3v) is 7.05. The number of nitrogens with zero attached hydrogens (tertiary/aromatic N) is 3. The smallest absolute Gasteiger partial charge is 0.253 e. The van der Waals surface area contributed by atoms with Gasteiger partial charge in [0.2, 0.25) is 5.91 Å². The number of thioether (sulfide) groups is 1. The highest BCUT2D eigenvalue weighted by Gasteiger charge is 2.25. The molecule has 0 spiro atoms. The lowest BCUT2D eigenvalue weighted by molar-refractivity contribution is -0.113. The van der Waals surface area contributed by atoms with Crippen molar-refractivity contribution in [2.24, 2.45) is 5.92 Å². The van der Waals surface area contributed by atoms with Gasteiger partial charge in [0.15, 0.2) is 11.0 Å². The third-order valence-electron chi connectivity index (χ3n) is 5.54. The van der Waals surface area contributed by atoms with Crippen molar-refractivity contribution in [2.45, 2.75) is 58.3 Å². The van der Waals surface area contributed by atoms with Crippen molar-refractivity contribution < 1.29 is 9.59 Å². The first-order valence-electron chi connectivity index (χ1n) is 11.9. The van der Waals surface area contributed by atoms with E-state index in [1.807, 2.05) is 35.8 Å². The molecule has 0 aliphatic heterocycles. The predicted octanol–water partition coefficient (Wildman–Crippen LogP) is 6.42.